The molecule has 6 heteroatoms. The number of thiol groups is 1. The number of allylic oxidation sites excluding steroid dienone is 1. The van der Waals surface area contributed by atoms with Gasteiger partial charge < -0.3 is 9.53 Å². The first kappa shape index (κ1) is 18.1. The minimum absolute atomic E-state index is 0.00915. The SMILES string of the molecule is O=CC1C(c2cccnc2)=C(c2ccc(C[SH](=O)=O)cc2)Oc2ccccc21. The lowest BCUT2D eigenvalue weighted by atomic mass is 9.84. The molecule has 0 saturated carbocycles. The molecule has 3 aromatic rings. The normalized spacial score (nSPS) is 15.8. The minimum Gasteiger partial charge on any atom is -0.456 e. The fraction of sp³-hybridized carbons (Fsp3) is 0.0909. The Morgan fingerprint density at radius 1 is 0.964 bits per heavy atom. The average Bonchev–Trinajstić information content (AvgIpc) is 2.73. The molecule has 0 N–H and O–H groups in total. The number of fused-ring (bicyclic) bond motifs is 1. The van der Waals surface area contributed by atoms with Crippen LogP contribution < -0.4 is 4.74 Å². The Kier molecular flexibility index (Phi) is 5.04. The van der Waals surface area contributed by atoms with Gasteiger partial charge in [0.05, 0.1) is 11.7 Å². The molecule has 1 atom stereocenters. The van der Waals surface area contributed by atoms with Gasteiger partial charge in [-0.15, -0.1) is 0 Å². The van der Waals surface area contributed by atoms with Gasteiger partial charge >= 0.3 is 0 Å². The summed E-state index contributed by atoms with van der Waals surface area (Å²) in [6, 6.07) is 18.3. The molecule has 0 saturated heterocycles. The molecule has 0 bridgehead atoms. The number of pyridine rings is 1. The van der Waals surface area contributed by atoms with Gasteiger partial charge in [-0.25, -0.2) is 8.42 Å². The van der Waals surface area contributed by atoms with Crippen molar-refractivity contribution < 1.29 is 17.9 Å². The van der Waals surface area contributed by atoms with Crippen LogP contribution in [-0.4, -0.2) is 19.7 Å². The van der Waals surface area contributed by atoms with Crippen molar-refractivity contribution in [2.24, 2.45) is 0 Å². The van der Waals surface area contributed by atoms with E-state index in [1.54, 1.807) is 24.5 Å². The highest BCUT2D eigenvalue weighted by Gasteiger charge is 2.31. The molecule has 1 aliphatic heterocycles. The predicted molar refractivity (Wildman–Crippen MR) is 107 cm³/mol. The number of benzene rings is 2. The number of hydrogen-bond donors (Lipinski definition) is 1. The van der Waals surface area contributed by atoms with Crippen LogP contribution in [0.3, 0.4) is 0 Å². The molecule has 1 aliphatic rings. The van der Waals surface area contributed by atoms with Crippen LogP contribution in [0.15, 0.2) is 73.1 Å². The molecule has 28 heavy (non-hydrogen) atoms. The van der Waals surface area contributed by atoms with Crippen LogP contribution in [0.4, 0.5) is 0 Å². The number of carbonyl (C=O) groups is 1. The number of aldehydes is 1. The summed E-state index contributed by atoms with van der Waals surface area (Å²) in [6.45, 7) is 0. The van der Waals surface area contributed by atoms with Gasteiger partial charge in [-0.2, -0.15) is 0 Å². The zero-order valence-electron chi connectivity index (χ0n) is 14.8. The number of aromatic nitrogens is 1. The number of nitrogens with zero attached hydrogens (tertiary/aromatic N) is 1. The first-order valence-corrected chi connectivity index (χ1v) is 10.1. The van der Waals surface area contributed by atoms with Crippen molar-refractivity contribution in [2.75, 3.05) is 0 Å². The van der Waals surface area contributed by atoms with Gasteiger partial charge in [0.1, 0.15) is 28.5 Å². The van der Waals surface area contributed by atoms with E-state index < -0.39 is 16.6 Å². The Balaban J connectivity index is 1.89. The molecule has 5 nitrogen and oxygen atoms in total. The number of ether oxygens (including phenoxy) is 1. The lowest BCUT2D eigenvalue weighted by Gasteiger charge is -2.28. The lowest BCUT2D eigenvalue weighted by Crippen LogP contribution is -2.15. The van der Waals surface area contributed by atoms with E-state index in [1.165, 1.54) is 0 Å². The lowest BCUT2D eigenvalue weighted by molar-refractivity contribution is -0.108. The van der Waals surface area contributed by atoms with E-state index in [1.807, 2.05) is 48.5 Å². The second kappa shape index (κ2) is 7.78. The monoisotopic (exact) mass is 391 g/mol. The maximum absolute atomic E-state index is 12.1. The Morgan fingerprint density at radius 2 is 1.75 bits per heavy atom. The van der Waals surface area contributed by atoms with E-state index in [9.17, 15) is 13.2 Å². The zero-order valence-corrected chi connectivity index (χ0v) is 15.7. The summed E-state index contributed by atoms with van der Waals surface area (Å²) in [5.41, 5.74) is 3.82. The maximum atomic E-state index is 12.1. The topological polar surface area (TPSA) is 73.3 Å². The molecular weight excluding hydrogens is 374 g/mol. The van der Waals surface area contributed by atoms with Gasteiger partial charge in [-0.3, -0.25) is 4.98 Å². The van der Waals surface area contributed by atoms with Gasteiger partial charge in [0.25, 0.3) is 0 Å². The second-order valence-electron chi connectivity index (χ2n) is 6.43. The summed E-state index contributed by atoms with van der Waals surface area (Å²) in [5.74, 6) is 0.709. The van der Waals surface area contributed by atoms with Crippen molar-refractivity contribution in [1.82, 2.24) is 4.98 Å². The molecule has 0 fully saturated rings. The molecule has 0 radical (unpaired) electrons. The molecule has 2 heterocycles. The fourth-order valence-electron chi connectivity index (χ4n) is 3.39. The van der Waals surface area contributed by atoms with Crippen molar-refractivity contribution in [3.63, 3.8) is 0 Å². The van der Waals surface area contributed by atoms with Gasteiger partial charge in [0.2, 0.25) is 0 Å². The van der Waals surface area contributed by atoms with Crippen LogP contribution in [0.1, 0.15) is 28.2 Å². The number of para-hydroxylation sites is 1. The fourth-order valence-corrected chi connectivity index (χ4v) is 3.90. The van der Waals surface area contributed by atoms with Crippen LogP contribution in [-0.2, 0) is 21.3 Å². The summed E-state index contributed by atoms with van der Waals surface area (Å²) >= 11 is 0. The molecule has 1 aromatic heterocycles. The molecule has 140 valence electrons. The van der Waals surface area contributed by atoms with Crippen molar-refractivity contribution in [3.8, 4) is 5.75 Å². The Labute approximate surface area is 164 Å². The third-order valence-corrected chi connectivity index (χ3v) is 5.28. The predicted octanol–water partition coefficient (Wildman–Crippen LogP) is 3.44. The Morgan fingerprint density at radius 3 is 2.43 bits per heavy atom. The summed E-state index contributed by atoms with van der Waals surface area (Å²) in [6.07, 6.45) is 4.30. The summed E-state index contributed by atoms with van der Waals surface area (Å²) < 4.78 is 28.1. The zero-order chi connectivity index (χ0) is 19.5. The first-order valence-electron chi connectivity index (χ1n) is 8.75. The smallest absolute Gasteiger partial charge is 0.144 e. The third kappa shape index (κ3) is 3.46. The van der Waals surface area contributed by atoms with E-state index in [0.29, 0.717) is 17.1 Å². The standard InChI is InChI=1S/C22H17NO4S/c24-13-19-18-5-1-2-6-20(18)27-22(21(19)17-4-3-11-23-12-17)16-9-7-15(8-10-16)14-28(25)26/h1-13,19,28H,14H2. The van der Waals surface area contributed by atoms with E-state index in [4.69, 9.17) is 4.74 Å². The summed E-state index contributed by atoms with van der Waals surface area (Å²) in [4.78, 5) is 16.3. The number of rotatable bonds is 5. The van der Waals surface area contributed by atoms with E-state index in [-0.39, 0.29) is 5.75 Å². The minimum atomic E-state index is -2.49. The van der Waals surface area contributed by atoms with E-state index >= 15 is 0 Å². The average molecular weight is 391 g/mol. The van der Waals surface area contributed by atoms with Crippen LogP contribution in [0.5, 0.6) is 5.75 Å². The number of hydrogen-bond acceptors (Lipinski definition) is 5. The highest BCUT2D eigenvalue weighted by atomic mass is 32.2. The highest BCUT2D eigenvalue weighted by molar-refractivity contribution is 7.71. The highest BCUT2D eigenvalue weighted by Crippen LogP contribution is 2.45. The van der Waals surface area contributed by atoms with E-state index in [0.717, 1.165) is 28.5 Å². The van der Waals surface area contributed by atoms with Crippen molar-refractivity contribution in [3.05, 3.63) is 95.3 Å². The van der Waals surface area contributed by atoms with Gasteiger partial charge in [-0.1, -0.05) is 48.5 Å². The van der Waals surface area contributed by atoms with Gasteiger partial charge in [0, 0.05) is 34.7 Å². The van der Waals surface area contributed by atoms with Crippen LogP contribution >= 0.6 is 0 Å². The summed E-state index contributed by atoms with van der Waals surface area (Å²) in [7, 11) is -2.49. The summed E-state index contributed by atoms with van der Waals surface area (Å²) in [5, 5.41) is 0. The largest absolute Gasteiger partial charge is 0.456 e. The van der Waals surface area contributed by atoms with Crippen molar-refractivity contribution in [2.45, 2.75) is 11.7 Å². The molecule has 0 aliphatic carbocycles. The molecular formula is C22H17NO4S. The van der Waals surface area contributed by atoms with Crippen molar-refractivity contribution in [1.29, 1.82) is 0 Å². The molecule has 1 unspecified atom stereocenters. The van der Waals surface area contributed by atoms with Crippen LogP contribution in [0, 0.1) is 0 Å². The first-order chi connectivity index (χ1) is 13.7. The quantitative estimate of drug-likeness (QED) is 0.533. The molecule has 0 spiro atoms. The molecule has 4 rings (SSSR count). The molecule has 0 amide bonds. The second-order valence-corrected chi connectivity index (χ2v) is 7.41. The number of carbonyl (C=O) groups excluding carboxylic acids is 1. The van der Waals surface area contributed by atoms with E-state index in [2.05, 4.69) is 4.98 Å². The maximum Gasteiger partial charge on any atom is 0.144 e. The molecule has 2 aromatic carbocycles. The Hall–Kier alpha value is -3.25. The van der Waals surface area contributed by atoms with Gasteiger partial charge in [-0.05, 0) is 17.7 Å². The van der Waals surface area contributed by atoms with Gasteiger partial charge in [0.15, 0.2) is 0 Å². The Bertz CT molecular complexity index is 1110. The van der Waals surface area contributed by atoms with Crippen LogP contribution in [0.25, 0.3) is 11.3 Å². The van der Waals surface area contributed by atoms with Crippen molar-refractivity contribution >= 4 is 28.3 Å². The third-order valence-electron chi connectivity index (χ3n) is 4.66. The van der Waals surface area contributed by atoms with Crippen LogP contribution in [0.2, 0.25) is 0 Å².